The van der Waals surface area contributed by atoms with Crippen molar-refractivity contribution in [1.29, 1.82) is 0 Å². The van der Waals surface area contributed by atoms with Crippen molar-refractivity contribution < 1.29 is 25.9 Å². The molecular weight excluding hydrogens is 272 g/mol. The van der Waals surface area contributed by atoms with Crippen LogP contribution in [0.4, 0.5) is 5.69 Å². The summed E-state index contributed by atoms with van der Waals surface area (Å²) in [7, 11) is -9.05. The zero-order valence-corrected chi connectivity index (χ0v) is 10.1. The quantitative estimate of drug-likeness (QED) is 0.629. The van der Waals surface area contributed by atoms with Crippen molar-refractivity contribution in [1.82, 2.24) is 0 Å². The molecule has 8 nitrogen and oxygen atoms in total. The highest BCUT2D eigenvalue weighted by Gasteiger charge is 2.11. The Morgan fingerprint density at radius 2 is 1.71 bits per heavy atom. The highest BCUT2D eigenvalue weighted by atomic mass is 32.2. The Kier molecular flexibility index (Phi) is 3.62. The summed E-state index contributed by atoms with van der Waals surface area (Å²) in [4.78, 5) is -0.451. The molecule has 1 rings (SSSR count). The fourth-order valence-electron chi connectivity index (χ4n) is 0.953. The van der Waals surface area contributed by atoms with Crippen LogP contribution in [0.2, 0.25) is 0 Å². The molecule has 0 aliphatic heterocycles. The van der Waals surface area contributed by atoms with Crippen molar-refractivity contribution in [2.45, 2.75) is 11.8 Å². The normalized spacial score (nSPS) is 13.1. The van der Waals surface area contributed by atoms with Gasteiger partial charge in [0.15, 0.2) is 0 Å². The largest absolute Gasteiger partial charge is 0.396 e. The minimum atomic E-state index is -4.64. The van der Waals surface area contributed by atoms with E-state index in [1.807, 2.05) is 0 Å². The first-order chi connectivity index (χ1) is 7.59. The molecule has 0 fully saturated rings. The summed E-state index contributed by atoms with van der Waals surface area (Å²) in [5.74, 6) is 0. The number of benzene rings is 1. The third kappa shape index (κ3) is 4.19. The lowest BCUT2D eigenvalue weighted by Gasteiger charge is -2.01. The van der Waals surface area contributed by atoms with E-state index in [1.54, 1.807) is 0 Å². The molecule has 0 saturated heterocycles. The van der Waals surface area contributed by atoms with Crippen LogP contribution in [-0.4, -0.2) is 25.9 Å². The molecule has 0 aliphatic carbocycles. The monoisotopic (exact) mass is 280 g/mol. The predicted octanol–water partition coefficient (Wildman–Crippen LogP) is 1.13. The van der Waals surface area contributed by atoms with Crippen molar-refractivity contribution in [3.63, 3.8) is 0 Å². The lowest BCUT2D eigenvalue weighted by atomic mass is 10.2. The Bertz CT molecular complexity index is 662. The Morgan fingerprint density at radius 3 is 2.18 bits per heavy atom. The van der Waals surface area contributed by atoms with Gasteiger partial charge >= 0.3 is 10.3 Å². The average Bonchev–Trinajstić information content (AvgIpc) is 2.13. The predicted molar refractivity (Wildman–Crippen MR) is 57.1 cm³/mol. The van der Waals surface area contributed by atoms with E-state index in [0.717, 1.165) is 12.1 Å². The number of nitrogens with zero attached hydrogens (tertiary/aromatic N) is 2. The Balaban J connectivity index is 3.31. The fourth-order valence-corrected chi connectivity index (χ4v) is 1.64. The third-order valence-electron chi connectivity index (χ3n) is 1.73. The molecule has 0 aromatic heterocycles. The minimum Gasteiger partial charge on any atom is -0.282 e. The standard InChI is InChI=1S/C7H8N2O6S2/c1-5-2-3-6(16(10,11)12)4-7(5)8-9-17(13,14)15/h2-4H,1H3,(H,10,11,12)(H,13,14,15). The molecule has 0 aliphatic rings. The fraction of sp³-hybridized carbons (Fsp3) is 0.143. The van der Waals surface area contributed by atoms with Crippen LogP contribution < -0.4 is 0 Å². The maximum absolute atomic E-state index is 10.8. The molecule has 1 aromatic carbocycles. The first kappa shape index (κ1) is 13.7. The zero-order valence-electron chi connectivity index (χ0n) is 8.47. The minimum absolute atomic E-state index is 0.0993. The van der Waals surface area contributed by atoms with Crippen molar-refractivity contribution in [2.24, 2.45) is 9.63 Å². The third-order valence-corrected chi connectivity index (χ3v) is 2.87. The molecule has 2 N–H and O–H groups in total. The molecule has 0 bridgehead atoms. The van der Waals surface area contributed by atoms with Gasteiger partial charge in [-0.15, -0.1) is 5.11 Å². The summed E-state index contributed by atoms with van der Waals surface area (Å²) < 4.78 is 62.0. The van der Waals surface area contributed by atoms with Gasteiger partial charge in [0.1, 0.15) is 0 Å². The van der Waals surface area contributed by atoms with Crippen LogP contribution in [0.15, 0.2) is 32.7 Å². The SMILES string of the molecule is Cc1ccc(S(=O)(=O)O)cc1N=NS(=O)(=O)O. The van der Waals surface area contributed by atoms with Gasteiger partial charge in [-0.1, -0.05) is 6.07 Å². The Labute approximate surface area is 97.6 Å². The van der Waals surface area contributed by atoms with E-state index in [2.05, 4.69) is 9.63 Å². The average molecular weight is 280 g/mol. The van der Waals surface area contributed by atoms with Crippen LogP contribution in [0, 0.1) is 6.92 Å². The van der Waals surface area contributed by atoms with Crippen LogP contribution in [-0.2, 0) is 20.4 Å². The van der Waals surface area contributed by atoms with E-state index in [-0.39, 0.29) is 5.69 Å². The molecule has 0 saturated carbocycles. The highest BCUT2D eigenvalue weighted by molar-refractivity contribution is 7.85. The highest BCUT2D eigenvalue weighted by Crippen LogP contribution is 2.23. The summed E-state index contributed by atoms with van der Waals surface area (Å²) in [6.07, 6.45) is 0. The summed E-state index contributed by atoms with van der Waals surface area (Å²) in [6.45, 7) is 1.52. The molecule has 0 radical (unpaired) electrons. The molecule has 0 atom stereocenters. The van der Waals surface area contributed by atoms with Crippen molar-refractivity contribution >= 4 is 26.1 Å². The summed E-state index contributed by atoms with van der Waals surface area (Å²) in [5.41, 5.74) is 0.322. The van der Waals surface area contributed by atoms with Gasteiger partial charge in [-0.2, -0.15) is 16.8 Å². The maximum Gasteiger partial charge on any atom is 0.396 e. The van der Waals surface area contributed by atoms with E-state index in [9.17, 15) is 16.8 Å². The second-order valence-corrected chi connectivity index (χ2v) is 5.53. The molecule has 0 heterocycles. The maximum atomic E-state index is 10.8. The molecule has 17 heavy (non-hydrogen) atoms. The lowest BCUT2D eigenvalue weighted by molar-refractivity contribution is 0.481. The molecule has 0 amide bonds. The summed E-state index contributed by atoms with van der Waals surface area (Å²) >= 11 is 0. The smallest absolute Gasteiger partial charge is 0.282 e. The van der Waals surface area contributed by atoms with Gasteiger partial charge < -0.3 is 0 Å². The van der Waals surface area contributed by atoms with E-state index >= 15 is 0 Å². The molecule has 10 heteroatoms. The van der Waals surface area contributed by atoms with Gasteiger partial charge in [-0.3, -0.25) is 9.11 Å². The molecule has 0 spiro atoms. The number of hydrogen-bond donors (Lipinski definition) is 2. The van der Waals surface area contributed by atoms with Crippen molar-refractivity contribution in [3.8, 4) is 0 Å². The van der Waals surface area contributed by atoms with Crippen LogP contribution >= 0.6 is 0 Å². The Morgan fingerprint density at radius 1 is 1.12 bits per heavy atom. The topological polar surface area (TPSA) is 133 Å². The molecule has 94 valence electrons. The second kappa shape index (κ2) is 4.49. The molecule has 1 aromatic rings. The van der Waals surface area contributed by atoms with Gasteiger partial charge in [-0.05, 0) is 29.1 Å². The second-order valence-electron chi connectivity index (χ2n) is 3.05. The van der Waals surface area contributed by atoms with Crippen molar-refractivity contribution in [2.75, 3.05) is 0 Å². The van der Waals surface area contributed by atoms with Crippen LogP contribution in [0.3, 0.4) is 0 Å². The first-order valence-electron chi connectivity index (χ1n) is 4.08. The van der Waals surface area contributed by atoms with Crippen LogP contribution in [0.1, 0.15) is 5.56 Å². The van der Waals surface area contributed by atoms with E-state index < -0.39 is 25.3 Å². The first-order valence-corrected chi connectivity index (χ1v) is 6.92. The van der Waals surface area contributed by atoms with Crippen LogP contribution in [0.25, 0.3) is 0 Å². The van der Waals surface area contributed by atoms with E-state index in [0.29, 0.717) is 5.56 Å². The van der Waals surface area contributed by atoms with E-state index in [4.69, 9.17) is 9.11 Å². The van der Waals surface area contributed by atoms with Gasteiger partial charge in [0, 0.05) is 0 Å². The molecule has 0 unspecified atom stereocenters. The van der Waals surface area contributed by atoms with Gasteiger partial charge in [0.25, 0.3) is 10.1 Å². The zero-order chi connectivity index (χ0) is 13.3. The lowest BCUT2D eigenvalue weighted by Crippen LogP contribution is -1.97. The summed E-state index contributed by atoms with van der Waals surface area (Å²) in [5, 5.41) is 3.16. The number of rotatable bonds is 3. The van der Waals surface area contributed by atoms with Gasteiger partial charge in [-0.25, -0.2) is 0 Å². The Hall–Kier alpha value is -1.36. The summed E-state index contributed by atoms with van der Waals surface area (Å²) in [6, 6.07) is 3.36. The number of aryl methyl sites for hydroxylation is 1. The van der Waals surface area contributed by atoms with Crippen LogP contribution in [0.5, 0.6) is 0 Å². The van der Waals surface area contributed by atoms with E-state index in [1.165, 1.54) is 13.0 Å². The van der Waals surface area contributed by atoms with Gasteiger partial charge in [0.05, 0.1) is 10.6 Å². The van der Waals surface area contributed by atoms with Gasteiger partial charge in [0.2, 0.25) is 0 Å². The van der Waals surface area contributed by atoms with Crippen molar-refractivity contribution in [3.05, 3.63) is 23.8 Å². The number of hydrogen-bond acceptors (Lipinski definition) is 5. The molecular formula is C7H8N2O6S2.